The van der Waals surface area contributed by atoms with Gasteiger partial charge in [0.1, 0.15) is 0 Å². The zero-order valence-electron chi connectivity index (χ0n) is 11.0. The highest BCUT2D eigenvalue weighted by Crippen LogP contribution is 2.33. The summed E-state index contributed by atoms with van der Waals surface area (Å²) in [5.74, 6) is 1.88. The highest BCUT2D eigenvalue weighted by Gasteiger charge is 2.30. The number of rotatable bonds is 5. The molecule has 1 fully saturated rings. The van der Waals surface area contributed by atoms with Gasteiger partial charge in [0.25, 0.3) is 0 Å². The second kappa shape index (κ2) is 5.86. The zero-order chi connectivity index (χ0) is 11.4. The van der Waals surface area contributed by atoms with Crippen LogP contribution in [0.5, 0.6) is 0 Å². The van der Waals surface area contributed by atoms with Crippen LogP contribution in [0.1, 0.15) is 58.8 Å². The van der Waals surface area contributed by atoms with Crippen molar-refractivity contribution in [1.29, 1.82) is 0 Å². The minimum Gasteiger partial charge on any atom is -0.314 e. The van der Waals surface area contributed by atoms with Crippen LogP contribution in [0.15, 0.2) is 11.6 Å². The summed E-state index contributed by atoms with van der Waals surface area (Å²) in [6.07, 6.45) is 12.1. The van der Waals surface area contributed by atoms with E-state index in [2.05, 4.69) is 25.2 Å². The summed E-state index contributed by atoms with van der Waals surface area (Å²) in [7, 11) is 0. The van der Waals surface area contributed by atoms with Gasteiger partial charge in [-0.1, -0.05) is 25.5 Å². The van der Waals surface area contributed by atoms with Crippen molar-refractivity contribution in [1.82, 2.24) is 5.32 Å². The molecule has 0 aromatic rings. The molecular weight excluding hydrogens is 194 g/mol. The third kappa shape index (κ3) is 3.35. The molecule has 0 atom stereocenters. The molecule has 0 amide bonds. The molecule has 2 rings (SSSR count). The topological polar surface area (TPSA) is 12.0 Å². The molecule has 0 spiro atoms. The van der Waals surface area contributed by atoms with Crippen LogP contribution < -0.4 is 5.32 Å². The summed E-state index contributed by atoms with van der Waals surface area (Å²) in [6, 6.07) is 0.830. The van der Waals surface area contributed by atoms with E-state index in [9.17, 15) is 0 Å². The third-order valence-corrected chi connectivity index (χ3v) is 4.38. The van der Waals surface area contributed by atoms with E-state index in [4.69, 9.17) is 0 Å². The Hall–Kier alpha value is -0.300. The quantitative estimate of drug-likeness (QED) is 0.694. The highest BCUT2D eigenvalue weighted by molar-refractivity contribution is 5.05. The molecular formula is C15H27N. The van der Waals surface area contributed by atoms with Crippen molar-refractivity contribution in [2.75, 3.05) is 6.54 Å². The molecule has 1 nitrogen and oxygen atoms in total. The summed E-state index contributed by atoms with van der Waals surface area (Å²) >= 11 is 0. The van der Waals surface area contributed by atoms with Gasteiger partial charge in [0, 0.05) is 6.04 Å². The Morgan fingerprint density at radius 1 is 1.31 bits per heavy atom. The first kappa shape index (κ1) is 12.2. The van der Waals surface area contributed by atoms with Crippen LogP contribution in [0.3, 0.4) is 0 Å². The van der Waals surface area contributed by atoms with Crippen molar-refractivity contribution < 1.29 is 0 Å². The van der Waals surface area contributed by atoms with E-state index < -0.39 is 0 Å². The average Bonchev–Trinajstić information content (AvgIpc) is 2.22. The fraction of sp³-hybridized carbons (Fsp3) is 0.867. The van der Waals surface area contributed by atoms with Crippen LogP contribution in [-0.4, -0.2) is 12.6 Å². The van der Waals surface area contributed by atoms with Crippen LogP contribution in [0, 0.1) is 11.8 Å². The summed E-state index contributed by atoms with van der Waals surface area (Å²) < 4.78 is 0. The maximum absolute atomic E-state index is 3.71. The Bertz CT molecular complexity index is 236. The van der Waals surface area contributed by atoms with E-state index in [0.29, 0.717) is 0 Å². The molecule has 0 unspecified atom stereocenters. The molecule has 0 heterocycles. The van der Waals surface area contributed by atoms with Gasteiger partial charge >= 0.3 is 0 Å². The lowest BCUT2D eigenvalue weighted by Gasteiger charge is -2.38. The van der Waals surface area contributed by atoms with E-state index in [0.717, 1.165) is 17.9 Å². The van der Waals surface area contributed by atoms with Gasteiger partial charge in [-0.15, -0.1) is 0 Å². The van der Waals surface area contributed by atoms with Crippen molar-refractivity contribution in [2.24, 2.45) is 11.8 Å². The Kier molecular flexibility index (Phi) is 4.45. The van der Waals surface area contributed by atoms with Crippen LogP contribution in [0.2, 0.25) is 0 Å². The molecule has 1 heteroatoms. The van der Waals surface area contributed by atoms with E-state index in [1.54, 1.807) is 5.57 Å². The molecule has 1 N–H and O–H groups in total. The molecule has 2 aliphatic rings. The monoisotopic (exact) mass is 221 g/mol. The Labute approximate surface area is 101 Å². The fourth-order valence-corrected chi connectivity index (χ4v) is 2.94. The van der Waals surface area contributed by atoms with E-state index in [1.807, 2.05) is 0 Å². The average molecular weight is 221 g/mol. The van der Waals surface area contributed by atoms with Gasteiger partial charge in [-0.05, 0) is 63.3 Å². The normalized spacial score (nSPS) is 30.1. The summed E-state index contributed by atoms with van der Waals surface area (Å²) in [4.78, 5) is 0. The Balaban J connectivity index is 1.54. The first-order valence-electron chi connectivity index (χ1n) is 7.17. The lowest BCUT2D eigenvalue weighted by atomic mass is 9.73. The summed E-state index contributed by atoms with van der Waals surface area (Å²) in [6.45, 7) is 5.92. The predicted octanol–water partition coefficient (Wildman–Crippen LogP) is 3.90. The van der Waals surface area contributed by atoms with Crippen LogP contribution in [-0.2, 0) is 0 Å². The van der Waals surface area contributed by atoms with Gasteiger partial charge < -0.3 is 5.32 Å². The summed E-state index contributed by atoms with van der Waals surface area (Å²) in [5.41, 5.74) is 1.71. The van der Waals surface area contributed by atoms with Crippen LogP contribution >= 0.6 is 0 Å². The molecule has 0 aromatic heterocycles. The molecule has 0 radical (unpaired) electrons. The molecule has 0 aliphatic heterocycles. The number of hydrogen-bond acceptors (Lipinski definition) is 1. The van der Waals surface area contributed by atoms with Gasteiger partial charge in [0.2, 0.25) is 0 Å². The zero-order valence-corrected chi connectivity index (χ0v) is 11.0. The van der Waals surface area contributed by atoms with E-state index >= 15 is 0 Å². The molecule has 92 valence electrons. The fourth-order valence-electron chi connectivity index (χ4n) is 2.94. The Morgan fingerprint density at radius 3 is 2.75 bits per heavy atom. The van der Waals surface area contributed by atoms with Crippen molar-refractivity contribution in [3.63, 3.8) is 0 Å². The van der Waals surface area contributed by atoms with Gasteiger partial charge in [-0.2, -0.15) is 0 Å². The minimum atomic E-state index is 0.830. The molecule has 2 aliphatic carbocycles. The molecule has 0 bridgehead atoms. The van der Waals surface area contributed by atoms with E-state index in [-0.39, 0.29) is 0 Å². The van der Waals surface area contributed by atoms with E-state index in [1.165, 1.54) is 51.5 Å². The standard InChI is InChI=1S/C15H27N/c1-12(2)14-10-15(11-14)16-9-8-13-6-4-3-5-7-13/h6,12,14-16H,3-5,7-11H2,1-2H3. The second-order valence-corrected chi connectivity index (χ2v) is 5.98. The lowest BCUT2D eigenvalue weighted by molar-refractivity contribution is 0.169. The van der Waals surface area contributed by atoms with Gasteiger partial charge in [0.05, 0.1) is 0 Å². The predicted molar refractivity (Wildman–Crippen MR) is 70.5 cm³/mol. The number of allylic oxidation sites excluding steroid dienone is 1. The maximum Gasteiger partial charge on any atom is 0.00726 e. The first-order valence-corrected chi connectivity index (χ1v) is 7.17. The number of hydrogen-bond donors (Lipinski definition) is 1. The third-order valence-electron chi connectivity index (χ3n) is 4.38. The lowest BCUT2D eigenvalue weighted by Crippen LogP contribution is -2.43. The Morgan fingerprint density at radius 2 is 2.12 bits per heavy atom. The van der Waals surface area contributed by atoms with Crippen molar-refractivity contribution in [2.45, 2.75) is 64.8 Å². The largest absolute Gasteiger partial charge is 0.314 e. The van der Waals surface area contributed by atoms with Gasteiger partial charge in [-0.3, -0.25) is 0 Å². The first-order chi connectivity index (χ1) is 7.75. The minimum absolute atomic E-state index is 0.830. The van der Waals surface area contributed by atoms with Gasteiger partial charge in [-0.25, -0.2) is 0 Å². The molecule has 0 aromatic carbocycles. The number of nitrogens with one attached hydrogen (secondary N) is 1. The van der Waals surface area contributed by atoms with Crippen LogP contribution in [0.4, 0.5) is 0 Å². The molecule has 0 saturated heterocycles. The van der Waals surface area contributed by atoms with Gasteiger partial charge in [0.15, 0.2) is 0 Å². The maximum atomic E-state index is 3.71. The van der Waals surface area contributed by atoms with Crippen molar-refractivity contribution >= 4 is 0 Å². The molecule has 1 saturated carbocycles. The molecule has 16 heavy (non-hydrogen) atoms. The van der Waals surface area contributed by atoms with Crippen molar-refractivity contribution in [3.8, 4) is 0 Å². The second-order valence-electron chi connectivity index (χ2n) is 5.98. The van der Waals surface area contributed by atoms with Crippen molar-refractivity contribution in [3.05, 3.63) is 11.6 Å². The smallest absolute Gasteiger partial charge is 0.00726 e. The SMILES string of the molecule is CC(C)C1CC(NCCC2=CCCCC2)C1. The van der Waals surface area contributed by atoms with Crippen LogP contribution in [0.25, 0.3) is 0 Å². The highest BCUT2D eigenvalue weighted by atomic mass is 14.9. The summed E-state index contributed by atoms with van der Waals surface area (Å²) in [5, 5.41) is 3.71.